The lowest BCUT2D eigenvalue weighted by Crippen LogP contribution is -2.52. The Morgan fingerprint density at radius 3 is 2.46 bits per heavy atom. The Balaban J connectivity index is 1.83. The minimum Gasteiger partial charge on any atom is -0.333 e. The second-order valence-corrected chi connectivity index (χ2v) is 5.93. The van der Waals surface area contributed by atoms with Gasteiger partial charge in [0.1, 0.15) is 5.69 Å². The first-order valence-corrected chi connectivity index (χ1v) is 7.96. The lowest BCUT2D eigenvalue weighted by Gasteiger charge is -2.41. The summed E-state index contributed by atoms with van der Waals surface area (Å²) in [6.07, 6.45) is 3.10. The van der Waals surface area contributed by atoms with Gasteiger partial charge < -0.3 is 9.80 Å². The molecule has 0 bridgehead atoms. The van der Waals surface area contributed by atoms with E-state index < -0.39 is 0 Å². The monoisotopic (exact) mass is 324 g/mol. The van der Waals surface area contributed by atoms with Gasteiger partial charge in [0, 0.05) is 32.8 Å². The van der Waals surface area contributed by atoms with Gasteiger partial charge in [-0.2, -0.15) is 0 Å². The zero-order chi connectivity index (χ0) is 17.1. The molecule has 1 aromatic heterocycles. The van der Waals surface area contributed by atoms with E-state index in [1.807, 2.05) is 42.2 Å². The summed E-state index contributed by atoms with van der Waals surface area (Å²) >= 11 is 0. The third kappa shape index (κ3) is 3.27. The van der Waals surface area contributed by atoms with Crippen molar-refractivity contribution in [3.63, 3.8) is 0 Å². The maximum absolute atomic E-state index is 12.7. The Morgan fingerprint density at radius 2 is 1.83 bits per heavy atom. The van der Waals surface area contributed by atoms with Crippen LogP contribution in [-0.2, 0) is 4.79 Å². The van der Waals surface area contributed by atoms with Crippen molar-refractivity contribution in [3.05, 3.63) is 59.7 Å². The van der Waals surface area contributed by atoms with E-state index >= 15 is 0 Å². The molecule has 0 spiro atoms. The summed E-state index contributed by atoms with van der Waals surface area (Å²) in [7, 11) is 0. The number of nitrogens with zero attached hydrogens (tertiary/aromatic N) is 4. The van der Waals surface area contributed by atoms with Crippen molar-refractivity contribution in [1.29, 1.82) is 0 Å². The van der Waals surface area contributed by atoms with Crippen LogP contribution in [0.25, 0.3) is 0 Å². The van der Waals surface area contributed by atoms with Crippen LogP contribution in [0.1, 0.15) is 34.7 Å². The molecule has 0 unspecified atom stereocenters. The van der Waals surface area contributed by atoms with Crippen molar-refractivity contribution < 1.29 is 9.59 Å². The van der Waals surface area contributed by atoms with E-state index in [1.54, 1.807) is 18.0 Å². The van der Waals surface area contributed by atoms with Crippen molar-refractivity contribution in [2.45, 2.75) is 19.9 Å². The molecule has 0 aliphatic carbocycles. The highest BCUT2D eigenvalue weighted by molar-refractivity contribution is 5.92. The molecule has 124 valence electrons. The average molecular weight is 324 g/mol. The van der Waals surface area contributed by atoms with Crippen LogP contribution < -0.4 is 0 Å². The first-order chi connectivity index (χ1) is 11.6. The molecule has 1 aromatic carbocycles. The SMILES string of the molecule is CC(=O)N1CCN(C(=O)c2cnc(C)cn2)C[C@H]1c1ccccc1. The minimum absolute atomic E-state index is 0.0195. The van der Waals surface area contributed by atoms with E-state index in [9.17, 15) is 9.59 Å². The third-order valence-electron chi connectivity index (χ3n) is 4.26. The highest BCUT2D eigenvalue weighted by Crippen LogP contribution is 2.26. The molecular formula is C18H20N4O2. The van der Waals surface area contributed by atoms with Gasteiger partial charge in [-0.25, -0.2) is 4.98 Å². The summed E-state index contributed by atoms with van der Waals surface area (Å²) in [6.45, 7) is 4.87. The summed E-state index contributed by atoms with van der Waals surface area (Å²) < 4.78 is 0. The Kier molecular flexibility index (Phi) is 4.55. The molecule has 2 aromatic rings. The quantitative estimate of drug-likeness (QED) is 0.845. The highest BCUT2D eigenvalue weighted by Gasteiger charge is 2.32. The molecule has 1 fully saturated rings. The maximum Gasteiger partial charge on any atom is 0.274 e. The van der Waals surface area contributed by atoms with Crippen molar-refractivity contribution in [2.75, 3.05) is 19.6 Å². The smallest absolute Gasteiger partial charge is 0.274 e. The molecule has 1 atom stereocenters. The first kappa shape index (κ1) is 16.1. The van der Waals surface area contributed by atoms with Crippen LogP contribution in [0.15, 0.2) is 42.7 Å². The van der Waals surface area contributed by atoms with Gasteiger partial charge in [0.15, 0.2) is 0 Å². The molecule has 2 amide bonds. The van der Waals surface area contributed by atoms with Gasteiger partial charge in [-0.05, 0) is 12.5 Å². The Bertz CT molecular complexity index is 730. The number of aryl methyl sites for hydroxylation is 1. The normalized spacial score (nSPS) is 17.7. The van der Waals surface area contributed by atoms with Crippen LogP contribution in [0, 0.1) is 6.92 Å². The summed E-state index contributed by atoms with van der Waals surface area (Å²) in [6, 6.07) is 9.66. The van der Waals surface area contributed by atoms with Crippen molar-refractivity contribution in [3.8, 4) is 0 Å². The molecule has 1 aliphatic heterocycles. The van der Waals surface area contributed by atoms with Crippen LogP contribution >= 0.6 is 0 Å². The highest BCUT2D eigenvalue weighted by atomic mass is 16.2. The van der Waals surface area contributed by atoms with Crippen LogP contribution in [0.5, 0.6) is 0 Å². The maximum atomic E-state index is 12.7. The number of amides is 2. The molecule has 6 heteroatoms. The zero-order valence-electron chi connectivity index (χ0n) is 13.8. The van der Waals surface area contributed by atoms with Crippen LogP contribution in [0.4, 0.5) is 0 Å². The fraction of sp³-hybridized carbons (Fsp3) is 0.333. The van der Waals surface area contributed by atoms with Gasteiger partial charge >= 0.3 is 0 Å². The van der Waals surface area contributed by atoms with Gasteiger partial charge in [-0.3, -0.25) is 14.6 Å². The molecule has 2 heterocycles. The van der Waals surface area contributed by atoms with Crippen LogP contribution in [0.3, 0.4) is 0 Å². The van der Waals surface area contributed by atoms with E-state index in [2.05, 4.69) is 9.97 Å². The first-order valence-electron chi connectivity index (χ1n) is 7.96. The summed E-state index contributed by atoms with van der Waals surface area (Å²) in [5, 5.41) is 0. The Morgan fingerprint density at radius 1 is 1.08 bits per heavy atom. The second kappa shape index (κ2) is 6.78. The van der Waals surface area contributed by atoms with E-state index in [4.69, 9.17) is 0 Å². The van der Waals surface area contributed by atoms with Crippen LogP contribution in [-0.4, -0.2) is 51.2 Å². The van der Waals surface area contributed by atoms with Gasteiger partial charge in [-0.15, -0.1) is 0 Å². The number of piperazine rings is 1. The van der Waals surface area contributed by atoms with E-state index in [-0.39, 0.29) is 17.9 Å². The number of hydrogen-bond acceptors (Lipinski definition) is 4. The number of aromatic nitrogens is 2. The van der Waals surface area contributed by atoms with Crippen molar-refractivity contribution in [2.24, 2.45) is 0 Å². The van der Waals surface area contributed by atoms with Gasteiger partial charge in [0.2, 0.25) is 5.91 Å². The number of benzene rings is 1. The van der Waals surface area contributed by atoms with Gasteiger partial charge in [0.05, 0.1) is 17.9 Å². The Labute approximate surface area is 141 Å². The minimum atomic E-state index is -0.147. The second-order valence-electron chi connectivity index (χ2n) is 5.93. The summed E-state index contributed by atoms with van der Waals surface area (Å²) in [5.41, 5.74) is 2.14. The largest absolute Gasteiger partial charge is 0.333 e. The molecular weight excluding hydrogens is 304 g/mol. The predicted octanol–water partition coefficient (Wildman–Crippen LogP) is 1.83. The Hall–Kier alpha value is -2.76. The van der Waals surface area contributed by atoms with E-state index in [1.165, 1.54) is 6.20 Å². The molecule has 24 heavy (non-hydrogen) atoms. The molecule has 6 nitrogen and oxygen atoms in total. The number of carbonyl (C=O) groups is 2. The molecule has 0 radical (unpaired) electrons. The molecule has 0 saturated carbocycles. The van der Waals surface area contributed by atoms with Crippen LogP contribution in [0.2, 0.25) is 0 Å². The molecule has 1 saturated heterocycles. The standard InChI is InChI=1S/C18H20N4O2/c1-13-10-20-16(11-19-13)18(24)21-8-9-22(14(2)23)17(12-21)15-6-4-3-5-7-15/h3-7,10-11,17H,8-9,12H2,1-2H3/t17-/m0/s1. The zero-order valence-corrected chi connectivity index (χ0v) is 13.8. The van der Waals surface area contributed by atoms with Crippen molar-refractivity contribution >= 4 is 11.8 Å². The fourth-order valence-corrected chi connectivity index (χ4v) is 2.97. The number of carbonyl (C=O) groups excluding carboxylic acids is 2. The molecule has 0 N–H and O–H groups in total. The lowest BCUT2D eigenvalue weighted by atomic mass is 10.0. The summed E-state index contributed by atoms with van der Waals surface area (Å²) in [4.78, 5) is 36.5. The fourth-order valence-electron chi connectivity index (χ4n) is 2.97. The lowest BCUT2D eigenvalue weighted by molar-refractivity contribution is -0.133. The van der Waals surface area contributed by atoms with Gasteiger partial charge in [-0.1, -0.05) is 30.3 Å². The molecule has 3 rings (SSSR count). The summed E-state index contributed by atoms with van der Waals surface area (Å²) in [5.74, 6) is -0.127. The predicted molar refractivity (Wildman–Crippen MR) is 89.2 cm³/mol. The topological polar surface area (TPSA) is 66.4 Å². The van der Waals surface area contributed by atoms with E-state index in [0.29, 0.717) is 25.3 Å². The third-order valence-corrected chi connectivity index (χ3v) is 4.26. The number of rotatable bonds is 2. The van der Waals surface area contributed by atoms with Crippen molar-refractivity contribution in [1.82, 2.24) is 19.8 Å². The van der Waals surface area contributed by atoms with E-state index in [0.717, 1.165) is 11.3 Å². The number of hydrogen-bond donors (Lipinski definition) is 0. The average Bonchev–Trinajstić information content (AvgIpc) is 2.62. The molecule has 1 aliphatic rings. The van der Waals surface area contributed by atoms with Gasteiger partial charge in [0.25, 0.3) is 5.91 Å².